The quantitative estimate of drug-likeness (QED) is 0.106. The Morgan fingerprint density at radius 3 is 2.27 bits per heavy atom. The van der Waals surface area contributed by atoms with Gasteiger partial charge in [-0.1, -0.05) is 74.2 Å². The highest BCUT2D eigenvalue weighted by atomic mass is 28.3. The topological polar surface area (TPSA) is 72.5 Å². The fourth-order valence-corrected chi connectivity index (χ4v) is 4.67. The Balaban J connectivity index is 1.80. The summed E-state index contributed by atoms with van der Waals surface area (Å²) in [5, 5.41) is 0. The van der Waals surface area contributed by atoms with Crippen LogP contribution in [-0.4, -0.2) is 64.8 Å². The molecule has 3 rings (SSSR count). The summed E-state index contributed by atoms with van der Waals surface area (Å²) in [6.45, 7) is 13.7. The maximum atomic E-state index is 13.1. The standard InChI is InChI=1S/C29H40O7Si/c1-6-17-32-29-27(36-28(30)24-15-11-8-12-16-24)26(34-21-31-18-19-37(3,4)5)25(22(2)35-29)33-20-23-13-9-7-10-14-23/h6-16,22,25-27,29H,1,17-21H2,2-5H3/t22-,25-,26+,27+,29+/m0/s1. The molecule has 0 aromatic heterocycles. The number of ether oxygens (including phenoxy) is 6. The Hall–Kier alpha value is -2.33. The van der Waals surface area contributed by atoms with Crippen LogP contribution in [0, 0.1) is 0 Å². The van der Waals surface area contributed by atoms with E-state index in [1.54, 1.807) is 30.3 Å². The minimum atomic E-state index is -1.24. The van der Waals surface area contributed by atoms with Crippen LogP contribution < -0.4 is 0 Å². The number of hydrogen-bond acceptors (Lipinski definition) is 7. The summed E-state index contributed by atoms with van der Waals surface area (Å²) < 4.78 is 36.4. The van der Waals surface area contributed by atoms with E-state index in [1.165, 1.54) is 0 Å². The van der Waals surface area contributed by atoms with Crippen LogP contribution in [0.25, 0.3) is 0 Å². The Kier molecular flexibility index (Phi) is 11.5. The molecule has 1 aliphatic heterocycles. The van der Waals surface area contributed by atoms with Gasteiger partial charge in [-0.25, -0.2) is 4.79 Å². The molecule has 0 bridgehead atoms. The van der Waals surface area contributed by atoms with E-state index in [1.807, 2.05) is 43.3 Å². The average Bonchev–Trinajstić information content (AvgIpc) is 2.88. The van der Waals surface area contributed by atoms with Crippen LogP contribution in [-0.2, 0) is 35.0 Å². The maximum Gasteiger partial charge on any atom is 0.338 e. The van der Waals surface area contributed by atoms with E-state index in [0.717, 1.165) is 11.6 Å². The molecule has 1 aliphatic rings. The first-order valence-corrected chi connectivity index (χ1v) is 16.5. The molecule has 0 spiro atoms. The number of esters is 1. The van der Waals surface area contributed by atoms with Gasteiger partial charge in [0, 0.05) is 14.7 Å². The number of hydrogen-bond donors (Lipinski definition) is 0. The molecule has 202 valence electrons. The summed E-state index contributed by atoms with van der Waals surface area (Å²) in [4.78, 5) is 13.1. The molecule has 2 aromatic carbocycles. The summed E-state index contributed by atoms with van der Waals surface area (Å²) in [6, 6.07) is 19.7. The van der Waals surface area contributed by atoms with Gasteiger partial charge in [-0.15, -0.1) is 6.58 Å². The SMILES string of the molecule is C=CCO[C@@H]1O[C@@H](C)[C@H](OCc2ccccc2)[C@@H](OCOCC[Si](C)(C)C)[C@H]1OC(=O)c1ccccc1. The molecule has 1 fully saturated rings. The van der Waals surface area contributed by atoms with Crippen LogP contribution in [0.4, 0.5) is 0 Å². The second kappa shape index (κ2) is 14.6. The minimum Gasteiger partial charge on any atom is -0.450 e. The predicted molar refractivity (Wildman–Crippen MR) is 145 cm³/mol. The van der Waals surface area contributed by atoms with Gasteiger partial charge in [-0.2, -0.15) is 0 Å². The average molecular weight is 529 g/mol. The van der Waals surface area contributed by atoms with E-state index in [0.29, 0.717) is 18.8 Å². The van der Waals surface area contributed by atoms with Crippen molar-refractivity contribution in [2.75, 3.05) is 20.0 Å². The smallest absolute Gasteiger partial charge is 0.338 e. The largest absolute Gasteiger partial charge is 0.450 e. The third kappa shape index (κ3) is 9.48. The molecule has 0 unspecified atom stereocenters. The van der Waals surface area contributed by atoms with Crippen LogP contribution in [0.5, 0.6) is 0 Å². The first kappa shape index (κ1) is 29.2. The molecule has 0 radical (unpaired) electrons. The van der Waals surface area contributed by atoms with Gasteiger partial charge in [0.1, 0.15) is 19.0 Å². The van der Waals surface area contributed by atoms with Crippen LogP contribution >= 0.6 is 0 Å². The molecule has 7 nitrogen and oxygen atoms in total. The highest BCUT2D eigenvalue weighted by Crippen LogP contribution is 2.30. The molecule has 0 aliphatic carbocycles. The summed E-state index contributed by atoms with van der Waals surface area (Å²) in [5.74, 6) is -0.494. The molecule has 8 heteroatoms. The minimum absolute atomic E-state index is 0.0423. The summed E-state index contributed by atoms with van der Waals surface area (Å²) in [6.07, 6.45) is -1.72. The lowest BCUT2D eigenvalue weighted by molar-refractivity contribution is -0.313. The molecule has 0 saturated carbocycles. The van der Waals surface area contributed by atoms with Crippen molar-refractivity contribution < 1.29 is 33.2 Å². The van der Waals surface area contributed by atoms with Gasteiger partial charge in [-0.3, -0.25) is 0 Å². The third-order valence-corrected chi connectivity index (χ3v) is 7.69. The second-order valence-corrected chi connectivity index (χ2v) is 15.9. The molecule has 37 heavy (non-hydrogen) atoms. The van der Waals surface area contributed by atoms with Gasteiger partial charge in [0.25, 0.3) is 0 Å². The summed E-state index contributed by atoms with van der Waals surface area (Å²) >= 11 is 0. The fraction of sp³-hybridized carbons (Fsp3) is 0.483. The highest BCUT2D eigenvalue weighted by molar-refractivity contribution is 6.76. The number of benzene rings is 2. The Labute approximate surface area is 221 Å². The molecular formula is C29H40O7Si. The first-order chi connectivity index (χ1) is 17.8. The number of carbonyl (C=O) groups is 1. The maximum absolute atomic E-state index is 13.1. The highest BCUT2D eigenvalue weighted by Gasteiger charge is 2.49. The summed E-state index contributed by atoms with van der Waals surface area (Å²) in [5.41, 5.74) is 1.44. The number of rotatable bonds is 14. The van der Waals surface area contributed by atoms with E-state index in [9.17, 15) is 4.79 Å². The van der Waals surface area contributed by atoms with E-state index >= 15 is 0 Å². The zero-order valence-corrected chi connectivity index (χ0v) is 23.3. The van der Waals surface area contributed by atoms with Crippen molar-refractivity contribution in [2.45, 2.75) is 69.9 Å². The first-order valence-electron chi connectivity index (χ1n) is 12.8. The van der Waals surface area contributed by atoms with Crippen molar-refractivity contribution in [3.63, 3.8) is 0 Å². The van der Waals surface area contributed by atoms with E-state index in [-0.39, 0.29) is 13.4 Å². The molecule has 0 amide bonds. The monoisotopic (exact) mass is 528 g/mol. The van der Waals surface area contributed by atoms with Crippen molar-refractivity contribution in [1.82, 2.24) is 0 Å². The molecule has 1 heterocycles. The van der Waals surface area contributed by atoms with Crippen molar-refractivity contribution in [2.24, 2.45) is 0 Å². The van der Waals surface area contributed by atoms with E-state index in [4.69, 9.17) is 28.4 Å². The second-order valence-electron chi connectivity index (χ2n) is 10.3. The van der Waals surface area contributed by atoms with Crippen LogP contribution in [0.3, 0.4) is 0 Å². The molecular weight excluding hydrogens is 488 g/mol. The molecule has 0 N–H and O–H groups in total. The third-order valence-electron chi connectivity index (χ3n) is 5.98. The van der Waals surface area contributed by atoms with E-state index < -0.39 is 44.7 Å². The van der Waals surface area contributed by atoms with E-state index in [2.05, 4.69) is 26.2 Å². The zero-order chi connectivity index (χ0) is 26.7. The van der Waals surface area contributed by atoms with Crippen LogP contribution in [0.2, 0.25) is 25.7 Å². The Morgan fingerprint density at radius 1 is 0.946 bits per heavy atom. The van der Waals surface area contributed by atoms with Gasteiger partial charge in [0.2, 0.25) is 0 Å². The Morgan fingerprint density at radius 2 is 1.62 bits per heavy atom. The van der Waals surface area contributed by atoms with Crippen molar-refractivity contribution in [1.29, 1.82) is 0 Å². The van der Waals surface area contributed by atoms with Crippen molar-refractivity contribution >= 4 is 14.0 Å². The molecule has 1 saturated heterocycles. The van der Waals surface area contributed by atoms with Gasteiger partial charge < -0.3 is 28.4 Å². The normalized spacial score (nSPS) is 23.9. The Bertz CT molecular complexity index is 948. The lowest BCUT2D eigenvalue weighted by atomic mass is 9.98. The predicted octanol–water partition coefficient (Wildman–Crippen LogP) is 5.44. The molecule has 2 aromatic rings. The van der Waals surface area contributed by atoms with Crippen LogP contribution in [0.15, 0.2) is 73.3 Å². The van der Waals surface area contributed by atoms with Gasteiger partial charge >= 0.3 is 5.97 Å². The van der Waals surface area contributed by atoms with Crippen molar-refractivity contribution in [3.8, 4) is 0 Å². The fourth-order valence-electron chi connectivity index (χ4n) is 3.91. The summed E-state index contributed by atoms with van der Waals surface area (Å²) in [7, 11) is -1.24. The number of carbonyl (C=O) groups excluding carboxylic acids is 1. The van der Waals surface area contributed by atoms with Crippen LogP contribution in [0.1, 0.15) is 22.8 Å². The lowest BCUT2D eigenvalue weighted by Gasteiger charge is -2.44. The zero-order valence-electron chi connectivity index (χ0n) is 22.3. The molecule has 5 atom stereocenters. The van der Waals surface area contributed by atoms with Crippen molar-refractivity contribution in [3.05, 3.63) is 84.4 Å². The van der Waals surface area contributed by atoms with Gasteiger partial charge in [0.15, 0.2) is 12.4 Å². The lowest BCUT2D eigenvalue weighted by Crippen LogP contribution is -2.60. The van der Waals surface area contributed by atoms with Gasteiger partial charge in [-0.05, 0) is 30.7 Å². The van der Waals surface area contributed by atoms with Gasteiger partial charge in [0.05, 0.1) is 24.9 Å².